The lowest BCUT2D eigenvalue weighted by Gasteiger charge is -2.07. The molecule has 0 saturated heterocycles. The lowest BCUT2D eigenvalue weighted by molar-refractivity contribution is 0.760. The van der Waals surface area contributed by atoms with Gasteiger partial charge in [-0.2, -0.15) is 0 Å². The standard InChI is InChI=1S/C9H6N12/c1-7(19-4-10-13-16-19)2-9(21-6-12-15-18-21)3-8(1)20-5-11-14-17-20/h1-6H. The fourth-order valence-corrected chi connectivity index (χ4v) is 1.82. The van der Waals surface area contributed by atoms with E-state index in [9.17, 15) is 0 Å². The topological polar surface area (TPSA) is 131 Å². The van der Waals surface area contributed by atoms with Gasteiger partial charge in [-0.05, 0) is 49.5 Å². The van der Waals surface area contributed by atoms with Crippen LogP contribution in [0.2, 0.25) is 0 Å². The van der Waals surface area contributed by atoms with Gasteiger partial charge in [-0.15, -0.1) is 15.3 Å². The third-order valence-electron chi connectivity index (χ3n) is 2.73. The van der Waals surface area contributed by atoms with Gasteiger partial charge < -0.3 is 0 Å². The van der Waals surface area contributed by atoms with Gasteiger partial charge in [0.1, 0.15) is 19.0 Å². The molecule has 4 rings (SSSR count). The van der Waals surface area contributed by atoms with E-state index in [2.05, 4.69) is 46.6 Å². The molecule has 0 fully saturated rings. The quantitative estimate of drug-likeness (QED) is 0.445. The Morgan fingerprint density at radius 1 is 0.524 bits per heavy atom. The van der Waals surface area contributed by atoms with Crippen molar-refractivity contribution >= 4 is 0 Å². The van der Waals surface area contributed by atoms with Crippen LogP contribution >= 0.6 is 0 Å². The molecule has 4 aromatic rings. The van der Waals surface area contributed by atoms with Crippen molar-refractivity contribution in [1.29, 1.82) is 0 Å². The maximum atomic E-state index is 3.87. The van der Waals surface area contributed by atoms with Gasteiger partial charge in [0.05, 0.1) is 17.1 Å². The van der Waals surface area contributed by atoms with Crippen LogP contribution in [0.25, 0.3) is 17.1 Å². The zero-order valence-electron chi connectivity index (χ0n) is 10.3. The summed E-state index contributed by atoms with van der Waals surface area (Å²) in [6.45, 7) is 0. The summed E-state index contributed by atoms with van der Waals surface area (Å²) in [7, 11) is 0. The SMILES string of the molecule is c1c(-n2cnnn2)cc(-n2cnnn2)cc1-n1cnnn1. The number of nitrogens with zero attached hydrogens (tertiary/aromatic N) is 12. The minimum atomic E-state index is 0.721. The second kappa shape index (κ2) is 4.52. The normalized spacial score (nSPS) is 10.9. The molecule has 0 bridgehead atoms. The Balaban J connectivity index is 1.92. The molecule has 12 nitrogen and oxygen atoms in total. The molecule has 0 amide bonds. The number of benzene rings is 1. The first kappa shape index (κ1) is 11.3. The van der Waals surface area contributed by atoms with E-state index in [1.807, 2.05) is 18.2 Å². The van der Waals surface area contributed by atoms with Gasteiger partial charge in [0.15, 0.2) is 0 Å². The van der Waals surface area contributed by atoms with Gasteiger partial charge >= 0.3 is 0 Å². The van der Waals surface area contributed by atoms with E-state index in [0.29, 0.717) is 0 Å². The van der Waals surface area contributed by atoms with Crippen molar-refractivity contribution in [3.8, 4) is 17.1 Å². The molecule has 0 aliphatic heterocycles. The molecule has 102 valence electrons. The minimum absolute atomic E-state index is 0.721. The monoisotopic (exact) mass is 282 g/mol. The highest BCUT2D eigenvalue weighted by Crippen LogP contribution is 2.18. The van der Waals surface area contributed by atoms with Crippen LogP contribution in [-0.4, -0.2) is 60.6 Å². The first-order chi connectivity index (χ1) is 10.4. The lowest BCUT2D eigenvalue weighted by atomic mass is 10.2. The summed E-state index contributed by atoms with van der Waals surface area (Å²) in [4.78, 5) is 0. The lowest BCUT2D eigenvalue weighted by Crippen LogP contribution is -2.04. The highest BCUT2D eigenvalue weighted by Gasteiger charge is 2.09. The van der Waals surface area contributed by atoms with Gasteiger partial charge in [-0.25, -0.2) is 14.0 Å². The summed E-state index contributed by atoms with van der Waals surface area (Å²) in [6, 6.07) is 5.50. The number of hydrogen-bond donors (Lipinski definition) is 0. The van der Waals surface area contributed by atoms with Crippen LogP contribution in [-0.2, 0) is 0 Å². The Morgan fingerprint density at radius 3 is 1.10 bits per heavy atom. The van der Waals surface area contributed by atoms with Gasteiger partial charge in [-0.3, -0.25) is 0 Å². The van der Waals surface area contributed by atoms with Gasteiger partial charge in [-0.1, -0.05) is 0 Å². The van der Waals surface area contributed by atoms with Crippen LogP contribution in [0.15, 0.2) is 37.2 Å². The van der Waals surface area contributed by atoms with Crippen molar-refractivity contribution in [3.63, 3.8) is 0 Å². The zero-order valence-corrected chi connectivity index (χ0v) is 10.3. The minimum Gasteiger partial charge on any atom is -0.200 e. The predicted octanol–water partition coefficient (Wildman–Crippen LogP) is -1.39. The third-order valence-corrected chi connectivity index (χ3v) is 2.73. The van der Waals surface area contributed by atoms with Crippen molar-refractivity contribution in [2.75, 3.05) is 0 Å². The van der Waals surface area contributed by atoms with E-state index >= 15 is 0 Å². The summed E-state index contributed by atoms with van der Waals surface area (Å²) in [6.07, 6.45) is 4.46. The predicted molar refractivity (Wildman–Crippen MR) is 64.6 cm³/mol. The summed E-state index contributed by atoms with van der Waals surface area (Å²) in [5.41, 5.74) is 2.16. The molecule has 0 aliphatic rings. The number of rotatable bonds is 3. The first-order valence-electron chi connectivity index (χ1n) is 5.75. The van der Waals surface area contributed by atoms with E-state index in [4.69, 9.17) is 0 Å². The average Bonchev–Trinajstić information content (AvgIpc) is 3.29. The van der Waals surface area contributed by atoms with Crippen molar-refractivity contribution in [1.82, 2.24) is 60.6 Å². The molecule has 0 unspecified atom stereocenters. The van der Waals surface area contributed by atoms with Crippen molar-refractivity contribution < 1.29 is 0 Å². The molecular formula is C9H6N12. The maximum absolute atomic E-state index is 3.87. The molecular weight excluding hydrogens is 276 g/mol. The van der Waals surface area contributed by atoms with E-state index in [1.54, 1.807) is 0 Å². The van der Waals surface area contributed by atoms with Crippen LogP contribution in [0.5, 0.6) is 0 Å². The Kier molecular flexibility index (Phi) is 2.42. The van der Waals surface area contributed by atoms with Crippen LogP contribution in [0.4, 0.5) is 0 Å². The number of hydrogen-bond acceptors (Lipinski definition) is 9. The summed E-state index contributed by atoms with van der Waals surface area (Å²) < 4.78 is 4.55. The average molecular weight is 282 g/mol. The Labute approximate surface area is 116 Å². The van der Waals surface area contributed by atoms with E-state index in [-0.39, 0.29) is 0 Å². The fourth-order valence-electron chi connectivity index (χ4n) is 1.82. The molecule has 0 radical (unpaired) electrons. The molecule has 0 atom stereocenters. The molecule has 1 aromatic carbocycles. The smallest absolute Gasteiger partial charge is 0.143 e. The second-order valence-electron chi connectivity index (χ2n) is 3.97. The summed E-state index contributed by atoms with van der Waals surface area (Å²) >= 11 is 0. The Bertz CT molecular complexity index is 704. The van der Waals surface area contributed by atoms with E-state index in [1.165, 1.54) is 33.0 Å². The largest absolute Gasteiger partial charge is 0.200 e. The number of tetrazole rings is 3. The highest BCUT2D eigenvalue weighted by molar-refractivity contribution is 5.51. The van der Waals surface area contributed by atoms with Gasteiger partial charge in [0, 0.05) is 0 Å². The molecule has 0 saturated carbocycles. The van der Waals surface area contributed by atoms with Crippen molar-refractivity contribution in [2.24, 2.45) is 0 Å². The van der Waals surface area contributed by atoms with Crippen LogP contribution < -0.4 is 0 Å². The van der Waals surface area contributed by atoms with Crippen LogP contribution in [0, 0.1) is 0 Å². The van der Waals surface area contributed by atoms with Crippen LogP contribution in [0.3, 0.4) is 0 Å². The molecule has 3 heterocycles. The van der Waals surface area contributed by atoms with Crippen LogP contribution in [0.1, 0.15) is 0 Å². The van der Waals surface area contributed by atoms with Crippen molar-refractivity contribution in [3.05, 3.63) is 37.2 Å². The Morgan fingerprint density at radius 2 is 0.857 bits per heavy atom. The van der Waals surface area contributed by atoms with E-state index in [0.717, 1.165) is 17.1 Å². The zero-order chi connectivity index (χ0) is 14.1. The fraction of sp³-hybridized carbons (Fsp3) is 0. The summed E-state index contributed by atoms with van der Waals surface area (Å²) in [5, 5.41) is 33.3. The van der Waals surface area contributed by atoms with Crippen molar-refractivity contribution in [2.45, 2.75) is 0 Å². The van der Waals surface area contributed by atoms with Gasteiger partial charge in [0.25, 0.3) is 0 Å². The molecule has 21 heavy (non-hydrogen) atoms. The highest BCUT2D eigenvalue weighted by atomic mass is 15.5. The maximum Gasteiger partial charge on any atom is 0.143 e. The first-order valence-corrected chi connectivity index (χ1v) is 5.75. The molecule has 3 aromatic heterocycles. The molecule has 12 heteroatoms. The number of aromatic nitrogens is 12. The third kappa shape index (κ3) is 1.99. The summed E-state index contributed by atoms with van der Waals surface area (Å²) in [5.74, 6) is 0. The molecule has 0 N–H and O–H groups in total. The van der Waals surface area contributed by atoms with Gasteiger partial charge in [0.2, 0.25) is 0 Å². The molecule has 0 spiro atoms. The Hall–Kier alpha value is -3.57. The molecule has 0 aliphatic carbocycles. The second-order valence-corrected chi connectivity index (χ2v) is 3.97. The van der Waals surface area contributed by atoms with E-state index < -0.39 is 0 Å².